The maximum atomic E-state index is 13.1. The van der Waals surface area contributed by atoms with Gasteiger partial charge in [-0.1, -0.05) is 11.6 Å². The summed E-state index contributed by atoms with van der Waals surface area (Å²) < 4.78 is 65.7. The van der Waals surface area contributed by atoms with E-state index in [9.17, 15) is 36.5 Å². The van der Waals surface area contributed by atoms with Crippen LogP contribution in [0.1, 0.15) is 15.9 Å². The molecule has 13 heteroatoms. The number of piperazine rings is 1. The predicted molar refractivity (Wildman–Crippen MR) is 104 cm³/mol. The van der Waals surface area contributed by atoms with Crippen LogP contribution in [0.5, 0.6) is 0 Å². The zero-order valence-corrected chi connectivity index (χ0v) is 17.2. The molecule has 0 radical (unpaired) electrons. The lowest BCUT2D eigenvalue weighted by molar-refractivity contribution is -0.384. The number of nitro benzene ring substituents is 1. The van der Waals surface area contributed by atoms with Crippen LogP contribution in [0.15, 0.2) is 47.4 Å². The van der Waals surface area contributed by atoms with E-state index in [2.05, 4.69) is 0 Å². The van der Waals surface area contributed by atoms with Crippen LogP contribution in [-0.2, 0) is 16.2 Å². The Hall–Kier alpha value is -2.70. The molecule has 0 aliphatic carbocycles. The van der Waals surface area contributed by atoms with Gasteiger partial charge in [0.1, 0.15) is 0 Å². The number of amides is 1. The van der Waals surface area contributed by atoms with Crippen LogP contribution in [-0.4, -0.2) is 54.6 Å². The molecule has 31 heavy (non-hydrogen) atoms. The average molecular weight is 478 g/mol. The first-order valence-corrected chi connectivity index (χ1v) is 10.6. The normalized spacial score (nSPS) is 15.7. The summed E-state index contributed by atoms with van der Waals surface area (Å²) in [6.07, 6.45) is -4.81. The van der Waals surface area contributed by atoms with Crippen molar-refractivity contribution in [3.05, 3.63) is 68.7 Å². The van der Waals surface area contributed by atoms with Gasteiger partial charge in [0, 0.05) is 43.9 Å². The number of carbonyl (C=O) groups is 1. The van der Waals surface area contributed by atoms with Crippen LogP contribution in [0.4, 0.5) is 18.9 Å². The molecule has 2 aromatic rings. The number of nitrogens with zero attached hydrogens (tertiary/aromatic N) is 3. The number of carbonyl (C=O) groups excluding carboxylic acids is 1. The largest absolute Gasteiger partial charge is 0.417 e. The van der Waals surface area contributed by atoms with E-state index < -0.39 is 42.5 Å². The highest BCUT2D eigenvalue weighted by Crippen LogP contribution is 2.36. The first kappa shape index (κ1) is 23.0. The zero-order chi connectivity index (χ0) is 23.0. The van der Waals surface area contributed by atoms with Crippen molar-refractivity contribution in [3.8, 4) is 0 Å². The van der Waals surface area contributed by atoms with Crippen LogP contribution in [0.2, 0.25) is 5.02 Å². The van der Waals surface area contributed by atoms with E-state index in [1.165, 1.54) is 29.2 Å². The van der Waals surface area contributed by atoms with Crippen molar-refractivity contribution in [2.45, 2.75) is 11.1 Å². The topological polar surface area (TPSA) is 101 Å². The Labute approximate surface area is 180 Å². The van der Waals surface area contributed by atoms with Gasteiger partial charge >= 0.3 is 6.18 Å². The molecular weight excluding hydrogens is 463 g/mol. The maximum absolute atomic E-state index is 13.1. The Balaban J connectivity index is 1.73. The summed E-state index contributed by atoms with van der Waals surface area (Å²) >= 11 is 5.55. The lowest BCUT2D eigenvalue weighted by atomic mass is 10.1. The number of alkyl halides is 3. The van der Waals surface area contributed by atoms with Crippen molar-refractivity contribution in [1.29, 1.82) is 0 Å². The van der Waals surface area contributed by atoms with Gasteiger partial charge in [-0.05, 0) is 30.3 Å². The summed E-state index contributed by atoms with van der Waals surface area (Å²) in [5.74, 6) is -0.433. The van der Waals surface area contributed by atoms with E-state index in [1.807, 2.05) is 0 Å². The Morgan fingerprint density at radius 1 is 1.03 bits per heavy atom. The van der Waals surface area contributed by atoms with Gasteiger partial charge in [0.15, 0.2) is 0 Å². The Bertz CT molecular complexity index is 1120. The van der Waals surface area contributed by atoms with Crippen LogP contribution in [0.3, 0.4) is 0 Å². The monoisotopic (exact) mass is 477 g/mol. The summed E-state index contributed by atoms with van der Waals surface area (Å²) in [4.78, 5) is 23.5. The summed E-state index contributed by atoms with van der Waals surface area (Å²) in [7, 11) is -4.23. The SMILES string of the molecule is O=C(c1ccc([N+](=O)[O-])cc1)N1CCN(S(=O)(=O)c2ccc(Cl)c(C(F)(F)F)c2)CC1. The fourth-order valence-electron chi connectivity index (χ4n) is 3.07. The fraction of sp³-hybridized carbons (Fsp3) is 0.278. The van der Waals surface area contributed by atoms with Crippen LogP contribution >= 0.6 is 11.6 Å². The lowest BCUT2D eigenvalue weighted by Gasteiger charge is -2.34. The highest BCUT2D eigenvalue weighted by Gasteiger charge is 2.36. The van der Waals surface area contributed by atoms with Gasteiger partial charge in [0.05, 0.1) is 20.4 Å². The van der Waals surface area contributed by atoms with Gasteiger partial charge in [-0.2, -0.15) is 17.5 Å². The van der Waals surface area contributed by atoms with Gasteiger partial charge in [-0.15, -0.1) is 0 Å². The first-order valence-electron chi connectivity index (χ1n) is 8.82. The van der Waals surface area contributed by atoms with E-state index in [4.69, 9.17) is 11.6 Å². The van der Waals surface area contributed by atoms with Gasteiger partial charge < -0.3 is 4.90 Å². The molecule has 0 unspecified atom stereocenters. The maximum Gasteiger partial charge on any atom is 0.417 e. The van der Waals surface area contributed by atoms with E-state index >= 15 is 0 Å². The molecule has 1 fully saturated rings. The number of halogens is 4. The molecule has 8 nitrogen and oxygen atoms in total. The third-order valence-electron chi connectivity index (χ3n) is 4.73. The van der Waals surface area contributed by atoms with Gasteiger partial charge in [0.2, 0.25) is 10.0 Å². The molecule has 1 heterocycles. The van der Waals surface area contributed by atoms with Crippen molar-refractivity contribution < 1.29 is 31.3 Å². The Morgan fingerprint density at radius 3 is 2.13 bits per heavy atom. The van der Waals surface area contributed by atoms with Gasteiger partial charge in [-0.25, -0.2) is 8.42 Å². The third kappa shape index (κ3) is 4.81. The molecule has 0 bridgehead atoms. The number of rotatable bonds is 4. The molecular formula is C18H15ClF3N3O5S. The predicted octanol–water partition coefficient (Wildman–Crippen LogP) is 3.41. The van der Waals surface area contributed by atoms with Crippen molar-refractivity contribution in [2.24, 2.45) is 0 Å². The third-order valence-corrected chi connectivity index (χ3v) is 6.96. The molecule has 166 valence electrons. The molecule has 1 saturated heterocycles. The summed E-state index contributed by atoms with van der Waals surface area (Å²) in [5.41, 5.74) is -1.22. The number of non-ortho nitro benzene ring substituents is 1. The fourth-order valence-corrected chi connectivity index (χ4v) is 4.74. The smallest absolute Gasteiger partial charge is 0.336 e. The second kappa shape index (κ2) is 8.44. The van der Waals surface area contributed by atoms with Gasteiger partial charge in [0.25, 0.3) is 11.6 Å². The van der Waals surface area contributed by atoms with E-state index in [0.717, 1.165) is 16.4 Å². The molecule has 1 aliphatic rings. The summed E-state index contributed by atoms with van der Waals surface area (Å²) in [5, 5.41) is 10.1. The van der Waals surface area contributed by atoms with E-state index in [1.54, 1.807) is 0 Å². The number of benzene rings is 2. The molecule has 1 amide bonds. The standard InChI is InChI=1S/C18H15ClF3N3O5S/c19-16-6-5-14(11-15(16)18(20,21)22)31(29,30)24-9-7-23(8-10-24)17(26)12-1-3-13(4-2-12)25(27)28/h1-6,11H,7-10H2. The molecule has 0 saturated carbocycles. The molecule has 1 aliphatic heterocycles. The summed E-state index contributed by atoms with van der Waals surface area (Å²) in [6.45, 7) is -0.223. The number of hydrogen-bond donors (Lipinski definition) is 0. The highest BCUT2D eigenvalue weighted by atomic mass is 35.5. The Kier molecular flexibility index (Phi) is 6.25. The minimum atomic E-state index is -4.81. The van der Waals surface area contributed by atoms with Crippen LogP contribution < -0.4 is 0 Å². The van der Waals surface area contributed by atoms with Crippen LogP contribution in [0, 0.1) is 10.1 Å². The molecule has 0 spiro atoms. The van der Waals surface area contributed by atoms with Crippen molar-refractivity contribution in [1.82, 2.24) is 9.21 Å². The van der Waals surface area contributed by atoms with Crippen molar-refractivity contribution >= 4 is 33.2 Å². The molecule has 2 aromatic carbocycles. The van der Waals surface area contributed by atoms with E-state index in [0.29, 0.717) is 6.07 Å². The first-order chi connectivity index (χ1) is 14.4. The van der Waals surface area contributed by atoms with Crippen LogP contribution in [0.25, 0.3) is 0 Å². The van der Waals surface area contributed by atoms with Gasteiger partial charge in [-0.3, -0.25) is 14.9 Å². The number of hydrogen-bond acceptors (Lipinski definition) is 5. The minimum absolute atomic E-state index is 0.00870. The van der Waals surface area contributed by atoms with E-state index in [-0.39, 0.29) is 37.4 Å². The van der Waals surface area contributed by atoms with Crippen molar-refractivity contribution in [3.63, 3.8) is 0 Å². The molecule has 0 atom stereocenters. The summed E-state index contributed by atoms with van der Waals surface area (Å²) in [6, 6.07) is 7.35. The second-order valence-corrected chi connectivity index (χ2v) is 8.98. The lowest BCUT2D eigenvalue weighted by Crippen LogP contribution is -2.50. The zero-order valence-electron chi connectivity index (χ0n) is 15.7. The second-order valence-electron chi connectivity index (χ2n) is 6.64. The number of nitro groups is 1. The highest BCUT2D eigenvalue weighted by molar-refractivity contribution is 7.89. The quantitative estimate of drug-likeness (QED) is 0.496. The molecule has 0 aromatic heterocycles. The average Bonchev–Trinajstić information content (AvgIpc) is 2.72. The number of sulfonamides is 1. The molecule has 3 rings (SSSR count). The Morgan fingerprint density at radius 2 is 1.61 bits per heavy atom. The van der Waals surface area contributed by atoms with Crippen molar-refractivity contribution in [2.75, 3.05) is 26.2 Å². The molecule has 0 N–H and O–H groups in total. The minimum Gasteiger partial charge on any atom is -0.336 e.